The Balaban J connectivity index is 1.51. The topological polar surface area (TPSA) is 83.2 Å². The Hall–Kier alpha value is -2.54. The van der Waals surface area contributed by atoms with Gasteiger partial charge in [0.05, 0.1) is 12.8 Å². The highest BCUT2D eigenvalue weighted by Gasteiger charge is 2.31. The van der Waals surface area contributed by atoms with Crippen molar-refractivity contribution in [3.8, 4) is 0 Å². The SMILES string of the molecule is O=C(CN1CCN(C(=O)C2C=CC=NC2=O)CC1)c1ccco1. The molecule has 0 aromatic carbocycles. The summed E-state index contributed by atoms with van der Waals surface area (Å²) < 4.78 is 5.09. The number of carbonyl (C=O) groups excluding carboxylic acids is 3. The maximum atomic E-state index is 12.4. The lowest BCUT2D eigenvalue weighted by atomic mass is 10.0. The lowest BCUT2D eigenvalue weighted by Gasteiger charge is -2.35. The van der Waals surface area contributed by atoms with Crippen LogP contribution in [0, 0.1) is 5.92 Å². The summed E-state index contributed by atoms with van der Waals surface area (Å²) in [7, 11) is 0. The van der Waals surface area contributed by atoms with Gasteiger partial charge < -0.3 is 9.32 Å². The molecule has 0 spiro atoms. The largest absolute Gasteiger partial charge is 0.461 e. The van der Waals surface area contributed by atoms with Gasteiger partial charge in [0.25, 0.3) is 5.91 Å². The van der Waals surface area contributed by atoms with Crippen molar-refractivity contribution in [3.63, 3.8) is 0 Å². The van der Waals surface area contributed by atoms with Crippen LogP contribution in [0.2, 0.25) is 0 Å². The van der Waals surface area contributed by atoms with Gasteiger partial charge in [-0.2, -0.15) is 0 Å². The fraction of sp³-hybridized carbons (Fsp3) is 0.375. The van der Waals surface area contributed by atoms with Gasteiger partial charge in [0.2, 0.25) is 11.7 Å². The molecule has 1 saturated heterocycles. The van der Waals surface area contributed by atoms with Crippen LogP contribution in [0.15, 0.2) is 40.0 Å². The average molecular weight is 315 g/mol. The van der Waals surface area contributed by atoms with E-state index in [2.05, 4.69) is 4.99 Å². The number of Topliss-reactive ketones (excluding diaryl/α,β-unsaturated/α-hetero) is 1. The van der Waals surface area contributed by atoms with Crippen molar-refractivity contribution < 1.29 is 18.8 Å². The molecule has 0 N–H and O–H groups in total. The van der Waals surface area contributed by atoms with Crippen LogP contribution >= 0.6 is 0 Å². The number of hydrogen-bond donors (Lipinski definition) is 0. The van der Waals surface area contributed by atoms with Gasteiger partial charge in [-0.15, -0.1) is 0 Å². The lowest BCUT2D eigenvalue weighted by molar-refractivity contribution is -0.140. The maximum absolute atomic E-state index is 12.4. The number of piperazine rings is 1. The van der Waals surface area contributed by atoms with Crippen molar-refractivity contribution in [1.29, 1.82) is 0 Å². The smallest absolute Gasteiger partial charge is 0.262 e. The first-order valence-electron chi connectivity index (χ1n) is 7.47. The van der Waals surface area contributed by atoms with E-state index in [0.29, 0.717) is 31.9 Å². The molecule has 2 aliphatic rings. The van der Waals surface area contributed by atoms with E-state index in [0.717, 1.165) is 0 Å². The van der Waals surface area contributed by atoms with Gasteiger partial charge in [-0.25, -0.2) is 4.99 Å². The third-order valence-electron chi connectivity index (χ3n) is 3.97. The number of hydrogen-bond acceptors (Lipinski definition) is 5. The van der Waals surface area contributed by atoms with Crippen LogP contribution in [0.25, 0.3) is 0 Å². The molecule has 0 aliphatic carbocycles. The van der Waals surface area contributed by atoms with E-state index in [1.165, 1.54) is 12.5 Å². The number of aliphatic imine (C=N–C) groups is 1. The van der Waals surface area contributed by atoms with Crippen molar-refractivity contribution in [2.75, 3.05) is 32.7 Å². The van der Waals surface area contributed by atoms with Crippen LogP contribution in [0.4, 0.5) is 0 Å². The highest BCUT2D eigenvalue weighted by molar-refractivity contribution is 6.07. The van der Waals surface area contributed by atoms with Gasteiger partial charge in [0, 0.05) is 32.4 Å². The summed E-state index contributed by atoms with van der Waals surface area (Å²) in [5, 5.41) is 0. The fourth-order valence-electron chi connectivity index (χ4n) is 2.67. The number of allylic oxidation sites excluding steroid dienone is 1. The number of rotatable bonds is 4. The van der Waals surface area contributed by atoms with Gasteiger partial charge >= 0.3 is 0 Å². The van der Waals surface area contributed by atoms with Crippen LogP contribution in [-0.2, 0) is 9.59 Å². The van der Waals surface area contributed by atoms with Crippen molar-refractivity contribution in [1.82, 2.24) is 9.80 Å². The van der Waals surface area contributed by atoms with Crippen molar-refractivity contribution in [3.05, 3.63) is 36.3 Å². The number of amides is 2. The summed E-state index contributed by atoms with van der Waals surface area (Å²) in [6, 6.07) is 3.32. The summed E-state index contributed by atoms with van der Waals surface area (Å²) in [6.07, 6.45) is 6.05. The molecule has 1 aromatic heterocycles. The Bertz CT molecular complexity index is 655. The van der Waals surface area contributed by atoms with Gasteiger partial charge in [-0.1, -0.05) is 6.08 Å². The standard InChI is InChI=1S/C16H17N3O4/c20-13(14-4-2-10-23-14)11-18-6-8-19(9-7-18)16(22)12-3-1-5-17-15(12)21/h1-5,10,12H,6-9,11H2. The van der Waals surface area contributed by atoms with Crippen LogP contribution < -0.4 is 0 Å². The summed E-state index contributed by atoms with van der Waals surface area (Å²) in [5.41, 5.74) is 0. The van der Waals surface area contributed by atoms with Gasteiger partial charge in [-0.05, 0) is 18.2 Å². The zero-order valence-corrected chi connectivity index (χ0v) is 12.6. The normalized spacial score (nSPS) is 21.7. The zero-order valence-electron chi connectivity index (χ0n) is 12.6. The predicted molar refractivity (Wildman–Crippen MR) is 82.2 cm³/mol. The molecule has 0 saturated carbocycles. The Morgan fingerprint density at radius 1 is 1.26 bits per heavy atom. The molecule has 0 radical (unpaired) electrons. The quantitative estimate of drug-likeness (QED) is 0.593. The average Bonchev–Trinajstić information content (AvgIpc) is 3.10. The van der Waals surface area contributed by atoms with Crippen molar-refractivity contribution >= 4 is 23.8 Å². The number of furan rings is 1. The second kappa shape index (κ2) is 6.70. The third-order valence-corrected chi connectivity index (χ3v) is 3.97. The third kappa shape index (κ3) is 3.45. The van der Waals surface area contributed by atoms with Crippen LogP contribution in [0.3, 0.4) is 0 Å². The molecule has 3 heterocycles. The monoisotopic (exact) mass is 315 g/mol. The Kier molecular flexibility index (Phi) is 4.47. The molecular formula is C16H17N3O4. The van der Waals surface area contributed by atoms with E-state index in [1.807, 2.05) is 4.90 Å². The summed E-state index contributed by atoms with van der Waals surface area (Å²) in [6.45, 7) is 2.43. The minimum atomic E-state index is -0.809. The molecular weight excluding hydrogens is 298 g/mol. The molecule has 1 atom stereocenters. The Morgan fingerprint density at radius 2 is 2.04 bits per heavy atom. The van der Waals surface area contributed by atoms with Crippen LogP contribution in [-0.4, -0.2) is 66.3 Å². The number of ketones is 1. The molecule has 23 heavy (non-hydrogen) atoms. The summed E-state index contributed by atoms with van der Waals surface area (Å²) >= 11 is 0. The predicted octanol–water partition coefficient (Wildman–Crippen LogP) is 0.390. The molecule has 1 aromatic rings. The summed E-state index contributed by atoms with van der Waals surface area (Å²) in [5.74, 6) is -1.18. The molecule has 2 aliphatic heterocycles. The first-order chi connectivity index (χ1) is 11.1. The minimum Gasteiger partial charge on any atom is -0.461 e. The first-order valence-corrected chi connectivity index (χ1v) is 7.47. The lowest BCUT2D eigenvalue weighted by Crippen LogP contribution is -2.52. The van der Waals surface area contributed by atoms with E-state index in [9.17, 15) is 14.4 Å². The van der Waals surface area contributed by atoms with Crippen molar-refractivity contribution in [2.24, 2.45) is 10.9 Å². The van der Waals surface area contributed by atoms with Gasteiger partial charge in [0.15, 0.2) is 5.76 Å². The molecule has 0 bridgehead atoms. The van der Waals surface area contributed by atoms with Crippen LogP contribution in [0.1, 0.15) is 10.6 Å². The molecule has 7 heteroatoms. The second-order valence-electron chi connectivity index (χ2n) is 5.48. The molecule has 3 rings (SSSR count). The van der Waals surface area contributed by atoms with Gasteiger partial charge in [-0.3, -0.25) is 19.3 Å². The van der Waals surface area contributed by atoms with Gasteiger partial charge in [0.1, 0.15) is 5.92 Å². The number of dihydropyridines is 1. The Morgan fingerprint density at radius 3 is 2.70 bits per heavy atom. The van der Waals surface area contributed by atoms with E-state index < -0.39 is 11.8 Å². The van der Waals surface area contributed by atoms with E-state index in [1.54, 1.807) is 29.2 Å². The molecule has 1 unspecified atom stereocenters. The minimum absolute atomic E-state index is 0.0745. The zero-order chi connectivity index (χ0) is 16.2. The summed E-state index contributed by atoms with van der Waals surface area (Å²) in [4.78, 5) is 43.3. The molecule has 7 nitrogen and oxygen atoms in total. The van der Waals surface area contributed by atoms with E-state index >= 15 is 0 Å². The second-order valence-corrected chi connectivity index (χ2v) is 5.48. The van der Waals surface area contributed by atoms with E-state index in [4.69, 9.17) is 4.42 Å². The highest BCUT2D eigenvalue weighted by atomic mass is 16.3. The molecule has 120 valence electrons. The first kappa shape index (κ1) is 15.4. The number of nitrogens with zero attached hydrogens (tertiary/aromatic N) is 3. The van der Waals surface area contributed by atoms with Crippen molar-refractivity contribution in [2.45, 2.75) is 0 Å². The van der Waals surface area contributed by atoms with E-state index in [-0.39, 0.29) is 18.2 Å². The van der Waals surface area contributed by atoms with Crippen LogP contribution in [0.5, 0.6) is 0 Å². The fourth-order valence-corrected chi connectivity index (χ4v) is 2.67. The maximum Gasteiger partial charge on any atom is 0.262 e. The molecule has 2 amide bonds. The highest BCUT2D eigenvalue weighted by Crippen LogP contribution is 2.13. The molecule has 1 fully saturated rings. The Labute approximate surface area is 133 Å². The number of carbonyl (C=O) groups is 3.